The summed E-state index contributed by atoms with van der Waals surface area (Å²) in [5.74, 6) is 0.754. The number of hydrogen-bond donors (Lipinski definition) is 1. The maximum atomic E-state index is 5.78. The van der Waals surface area contributed by atoms with Crippen molar-refractivity contribution in [3.63, 3.8) is 0 Å². The molecule has 0 amide bonds. The van der Waals surface area contributed by atoms with E-state index in [4.69, 9.17) is 5.73 Å². The Morgan fingerprint density at radius 1 is 1.00 bits per heavy atom. The molecule has 1 unspecified atom stereocenters. The van der Waals surface area contributed by atoms with E-state index >= 15 is 0 Å². The van der Waals surface area contributed by atoms with Gasteiger partial charge in [-0.3, -0.25) is 0 Å². The maximum Gasteiger partial charge on any atom is 0.159 e. The standard InChI is InChI=1S/C17H17N3/c1-12(18)8-13-10-19-17(20-11-13)16-7-6-14-4-2-3-5-15(14)9-16/h2-7,9-12H,8,18H2,1H3. The molecule has 0 aliphatic carbocycles. The molecule has 20 heavy (non-hydrogen) atoms. The van der Waals surface area contributed by atoms with Gasteiger partial charge in [-0.05, 0) is 35.7 Å². The van der Waals surface area contributed by atoms with Gasteiger partial charge in [-0.15, -0.1) is 0 Å². The third-order valence-electron chi connectivity index (χ3n) is 3.27. The van der Waals surface area contributed by atoms with Crippen LogP contribution in [0.1, 0.15) is 12.5 Å². The van der Waals surface area contributed by atoms with Crippen molar-refractivity contribution >= 4 is 10.8 Å². The number of hydrogen-bond acceptors (Lipinski definition) is 3. The van der Waals surface area contributed by atoms with E-state index in [1.807, 2.05) is 31.5 Å². The van der Waals surface area contributed by atoms with E-state index in [0.717, 1.165) is 23.4 Å². The van der Waals surface area contributed by atoms with E-state index in [0.29, 0.717) is 0 Å². The van der Waals surface area contributed by atoms with Crippen LogP contribution in [0.15, 0.2) is 54.9 Å². The molecule has 3 rings (SSSR count). The molecule has 1 heterocycles. The third kappa shape index (κ3) is 2.68. The predicted molar refractivity (Wildman–Crippen MR) is 82.3 cm³/mol. The SMILES string of the molecule is CC(N)Cc1cnc(-c2ccc3ccccc3c2)nc1. The van der Waals surface area contributed by atoms with Crippen LogP contribution in [0.4, 0.5) is 0 Å². The Morgan fingerprint density at radius 2 is 1.70 bits per heavy atom. The molecule has 100 valence electrons. The summed E-state index contributed by atoms with van der Waals surface area (Å²) in [6.07, 6.45) is 4.53. The summed E-state index contributed by atoms with van der Waals surface area (Å²) in [5, 5.41) is 2.43. The zero-order valence-corrected chi connectivity index (χ0v) is 11.5. The first kappa shape index (κ1) is 12.8. The fraction of sp³-hybridized carbons (Fsp3) is 0.176. The predicted octanol–water partition coefficient (Wildman–Crippen LogP) is 3.19. The number of benzene rings is 2. The number of rotatable bonds is 3. The lowest BCUT2D eigenvalue weighted by Crippen LogP contribution is -2.18. The molecule has 0 bridgehead atoms. The van der Waals surface area contributed by atoms with Crippen LogP contribution in [0, 0.1) is 0 Å². The molecule has 2 N–H and O–H groups in total. The summed E-state index contributed by atoms with van der Waals surface area (Å²) in [5.41, 5.74) is 7.89. The second kappa shape index (κ2) is 5.39. The molecule has 0 saturated heterocycles. The van der Waals surface area contributed by atoms with Gasteiger partial charge in [0.05, 0.1) is 0 Å². The second-order valence-corrected chi connectivity index (χ2v) is 5.16. The van der Waals surface area contributed by atoms with Crippen molar-refractivity contribution in [2.24, 2.45) is 5.73 Å². The first-order valence-corrected chi connectivity index (χ1v) is 6.78. The minimum atomic E-state index is 0.130. The van der Waals surface area contributed by atoms with Crippen LogP contribution < -0.4 is 5.73 Å². The summed E-state index contributed by atoms with van der Waals surface area (Å²) >= 11 is 0. The van der Waals surface area contributed by atoms with Crippen molar-refractivity contribution in [1.82, 2.24) is 9.97 Å². The van der Waals surface area contributed by atoms with Crippen LogP contribution in [-0.4, -0.2) is 16.0 Å². The Bertz CT molecular complexity index is 718. The van der Waals surface area contributed by atoms with Gasteiger partial charge in [0.1, 0.15) is 0 Å². The van der Waals surface area contributed by atoms with Crippen LogP contribution in [-0.2, 0) is 6.42 Å². The molecule has 0 radical (unpaired) electrons. The van der Waals surface area contributed by atoms with Gasteiger partial charge >= 0.3 is 0 Å². The largest absolute Gasteiger partial charge is 0.328 e. The van der Waals surface area contributed by atoms with Gasteiger partial charge in [0.15, 0.2) is 5.82 Å². The fourth-order valence-corrected chi connectivity index (χ4v) is 2.31. The molecular weight excluding hydrogens is 246 g/mol. The highest BCUT2D eigenvalue weighted by Crippen LogP contribution is 2.21. The Hall–Kier alpha value is -2.26. The van der Waals surface area contributed by atoms with Gasteiger partial charge in [-0.25, -0.2) is 9.97 Å². The minimum absolute atomic E-state index is 0.130. The van der Waals surface area contributed by atoms with Gasteiger partial charge < -0.3 is 5.73 Å². The quantitative estimate of drug-likeness (QED) is 0.789. The van der Waals surface area contributed by atoms with Gasteiger partial charge in [-0.2, -0.15) is 0 Å². The van der Waals surface area contributed by atoms with Crippen molar-refractivity contribution in [3.05, 3.63) is 60.4 Å². The highest BCUT2D eigenvalue weighted by atomic mass is 14.9. The Balaban J connectivity index is 1.94. The van der Waals surface area contributed by atoms with Crippen molar-refractivity contribution in [2.75, 3.05) is 0 Å². The van der Waals surface area contributed by atoms with E-state index < -0.39 is 0 Å². The summed E-state index contributed by atoms with van der Waals surface area (Å²) in [6.45, 7) is 1.98. The van der Waals surface area contributed by atoms with Gasteiger partial charge in [-0.1, -0.05) is 36.4 Å². The molecule has 3 heteroatoms. The lowest BCUT2D eigenvalue weighted by atomic mass is 10.1. The Morgan fingerprint density at radius 3 is 2.40 bits per heavy atom. The van der Waals surface area contributed by atoms with Crippen LogP contribution in [0.3, 0.4) is 0 Å². The summed E-state index contributed by atoms with van der Waals surface area (Å²) in [6, 6.07) is 14.7. The normalized spacial score (nSPS) is 12.5. The molecule has 0 saturated carbocycles. The molecule has 3 aromatic rings. The molecule has 1 aromatic heterocycles. The number of aromatic nitrogens is 2. The average Bonchev–Trinajstić information content (AvgIpc) is 2.47. The average molecular weight is 263 g/mol. The first-order valence-electron chi connectivity index (χ1n) is 6.78. The second-order valence-electron chi connectivity index (χ2n) is 5.16. The van der Waals surface area contributed by atoms with Crippen LogP contribution in [0.5, 0.6) is 0 Å². The third-order valence-corrected chi connectivity index (χ3v) is 3.27. The molecular formula is C17H17N3. The fourth-order valence-electron chi connectivity index (χ4n) is 2.31. The minimum Gasteiger partial charge on any atom is -0.328 e. The van der Waals surface area contributed by atoms with E-state index in [1.165, 1.54) is 10.8 Å². The molecule has 0 aliphatic rings. The van der Waals surface area contributed by atoms with Gasteiger partial charge in [0, 0.05) is 24.0 Å². The van der Waals surface area contributed by atoms with Crippen molar-refractivity contribution < 1.29 is 0 Å². The Labute approximate surface area is 118 Å². The summed E-state index contributed by atoms with van der Waals surface area (Å²) in [4.78, 5) is 8.88. The number of nitrogens with zero attached hydrogens (tertiary/aromatic N) is 2. The van der Waals surface area contributed by atoms with Gasteiger partial charge in [0.2, 0.25) is 0 Å². The molecule has 0 fully saturated rings. The van der Waals surface area contributed by atoms with Crippen LogP contribution in [0.2, 0.25) is 0 Å². The van der Waals surface area contributed by atoms with E-state index in [2.05, 4.69) is 40.3 Å². The number of nitrogens with two attached hydrogens (primary N) is 1. The van der Waals surface area contributed by atoms with Gasteiger partial charge in [0.25, 0.3) is 0 Å². The monoisotopic (exact) mass is 263 g/mol. The highest BCUT2D eigenvalue weighted by Gasteiger charge is 2.04. The first-order chi connectivity index (χ1) is 9.72. The topological polar surface area (TPSA) is 51.8 Å². The lowest BCUT2D eigenvalue weighted by molar-refractivity contribution is 0.732. The van der Waals surface area contributed by atoms with Crippen molar-refractivity contribution in [1.29, 1.82) is 0 Å². The molecule has 1 atom stereocenters. The summed E-state index contributed by atoms with van der Waals surface area (Å²) in [7, 11) is 0. The molecule has 3 nitrogen and oxygen atoms in total. The Kier molecular flexibility index (Phi) is 3.44. The summed E-state index contributed by atoms with van der Waals surface area (Å²) < 4.78 is 0. The zero-order valence-electron chi connectivity index (χ0n) is 11.5. The molecule has 2 aromatic carbocycles. The molecule has 0 spiro atoms. The highest BCUT2D eigenvalue weighted by molar-refractivity contribution is 5.86. The van der Waals surface area contributed by atoms with Crippen LogP contribution >= 0.6 is 0 Å². The smallest absolute Gasteiger partial charge is 0.159 e. The van der Waals surface area contributed by atoms with E-state index in [9.17, 15) is 0 Å². The van der Waals surface area contributed by atoms with E-state index in [-0.39, 0.29) is 6.04 Å². The van der Waals surface area contributed by atoms with Crippen molar-refractivity contribution in [3.8, 4) is 11.4 Å². The zero-order chi connectivity index (χ0) is 13.9. The van der Waals surface area contributed by atoms with Crippen LogP contribution in [0.25, 0.3) is 22.2 Å². The number of fused-ring (bicyclic) bond motifs is 1. The molecule has 0 aliphatic heterocycles. The lowest BCUT2D eigenvalue weighted by Gasteiger charge is -2.06. The van der Waals surface area contributed by atoms with Crippen molar-refractivity contribution in [2.45, 2.75) is 19.4 Å². The van der Waals surface area contributed by atoms with E-state index in [1.54, 1.807) is 0 Å². The maximum absolute atomic E-state index is 5.78.